The van der Waals surface area contributed by atoms with Crippen molar-refractivity contribution in [3.63, 3.8) is 0 Å². The van der Waals surface area contributed by atoms with Crippen molar-refractivity contribution >= 4 is 0 Å². The van der Waals surface area contributed by atoms with E-state index in [1.165, 1.54) is 12.1 Å². The molecule has 1 rings (SSSR count). The van der Waals surface area contributed by atoms with Gasteiger partial charge in [-0.1, -0.05) is 12.1 Å². The van der Waals surface area contributed by atoms with Gasteiger partial charge in [0.15, 0.2) is 0 Å². The van der Waals surface area contributed by atoms with Crippen LogP contribution in [0.5, 0.6) is 0 Å². The summed E-state index contributed by atoms with van der Waals surface area (Å²) < 4.78 is 17.9. The Bertz CT molecular complexity index is 329. The highest BCUT2D eigenvalue weighted by Gasteiger charge is 2.14. The van der Waals surface area contributed by atoms with Gasteiger partial charge >= 0.3 is 0 Å². The fourth-order valence-corrected chi connectivity index (χ4v) is 1.67. The average Bonchev–Trinajstić information content (AvgIpc) is 2.30. The Labute approximate surface area is 102 Å². The van der Waals surface area contributed by atoms with Crippen LogP contribution < -0.4 is 5.73 Å². The second-order valence-corrected chi connectivity index (χ2v) is 4.40. The Kier molecular flexibility index (Phi) is 5.55. The van der Waals surface area contributed by atoms with Gasteiger partial charge in [-0.05, 0) is 31.7 Å². The van der Waals surface area contributed by atoms with Crippen molar-refractivity contribution in [2.75, 3.05) is 27.3 Å². The lowest BCUT2D eigenvalue weighted by molar-refractivity contribution is 0.112. The molecular weight excluding hydrogens is 219 g/mol. The smallest absolute Gasteiger partial charge is 0.123 e. The van der Waals surface area contributed by atoms with Crippen LogP contribution >= 0.6 is 0 Å². The number of nitrogens with zero attached hydrogens (tertiary/aromatic N) is 1. The standard InChI is InChI=1S/C13H21FN2O/c1-10(9-17-3)16(2)8-13(15)11-4-6-12(14)7-5-11/h4-7,10,13H,8-9,15H2,1-3H3. The van der Waals surface area contributed by atoms with Crippen molar-refractivity contribution in [3.8, 4) is 0 Å². The third-order valence-electron chi connectivity index (χ3n) is 2.94. The second-order valence-electron chi connectivity index (χ2n) is 4.40. The minimum atomic E-state index is -0.234. The van der Waals surface area contributed by atoms with E-state index in [1.54, 1.807) is 19.2 Å². The highest BCUT2D eigenvalue weighted by molar-refractivity contribution is 5.19. The van der Waals surface area contributed by atoms with Crippen LogP contribution in [0.1, 0.15) is 18.5 Å². The fourth-order valence-electron chi connectivity index (χ4n) is 1.67. The van der Waals surface area contributed by atoms with Gasteiger partial charge in [0.25, 0.3) is 0 Å². The highest BCUT2D eigenvalue weighted by Crippen LogP contribution is 2.13. The van der Waals surface area contributed by atoms with Gasteiger partial charge in [-0.3, -0.25) is 4.90 Å². The molecule has 4 heteroatoms. The minimum absolute atomic E-state index is 0.111. The number of rotatable bonds is 6. The summed E-state index contributed by atoms with van der Waals surface area (Å²) >= 11 is 0. The Hall–Kier alpha value is -0.970. The SMILES string of the molecule is COCC(C)N(C)CC(N)c1ccc(F)cc1. The highest BCUT2D eigenvalue weighted by atomic mass is 19.1. The van der Waals surface area contributed by atoms with Gasteiger partial charge < -0.3 is 10.5 Å². The Morgan fingerprint density at radius 1 is 1.35 bits per heavy atom. The molecule has 0 amide bonds. The predicted molar refractivity (Wildman–Crippen MR) is 67.3 cm³/mol. The first-order valence-corrected chi connectivity index (χ1v) is 5.74. The van der Waals surface area contributed by atoms with Gasteiger partial charge in [-0.2, -0.15) is 0 Å². The molecule has 0 spiro atoms. The zero-order chi connectivity index (χ0) is 12.8. The van der Waals surface area contributed by atoms with Crippen LogP contribution in [0.3, 0.4) is 0 Å². The number of benzene rings is 1. The van der Waals surface area contributed by atoms with Crippen molar-refractivity contribution < 1.29 is 9.13 Å². The normalized spacial score (nSPS) is 14.9. The monoisotopic (exact) mass is 240 g/mol. The number of methoxy groups -OCH3 is 1. The van der Waals surface area contributed by atoms with E-state index in [-0.39, 0.29) is 11.9 Å². The van der Waals surface area contributed by atoms with Crippen molar-refractivity contribution in [3.05, 3.63) is 35.6 Å². The summed E-state index contributed by atoms with van der Waals surface area (Å²) in [4.78, 5) is 2.14. The molecule has 0 saturated heterocycles. The molecule has 3 nitrogen and oxygen atoms in total. The van der Waals surface area contributed by atoms with E-state index in [1.807, 2.05) is 7.05 Å². The van der Waals surface area contributed by atoms with Gasteiger partial charge in [0.05, 0.1) is 6.61 Å². The fraction of sp³-hybridized carbons (Fsp3) is 0.538. The lowest BCUT2D eigenvalue weighted by atomic mass is 10.1. The van der Waals surface area contributed by atoms with Gasteiger partial charge in [-0.25, -0.2) is 4.39 Å². The summed E-state index contributed by atoms with van der Waals surface area (Å²) in [6.45, 7) is 3.48. The van der Waals surface area contributed by atoms with E-state index in [0.717, 1.165) is 12.1 Å². The van der Waals surface area contributed by atoms with E-state index in [9.17, 15) is 4.39 Å². The number of likely N-dealkylation sites (N-methyl/N-ethyl adjacent to an activating group) is 1. The minimum Gasteiger partial charge on any atom is -0.383 e. The quantitative estimate of drug-likeness (QED) is 0.824. The first-order chi connectivity index (χ1) is 8.04. The van der Waals surface area contributed by atoms with Crippen molar-refractivity contribution in [1.29, 1.82) is 0 Å². The molecule has 0 aliphatic heterocycles. The topological polar surface area (TPSA) is 38.5 Å². The van der Waals surface area contributed by atoms with Crippen molar-refractivity contribution in [1.82, 2.24) is 4.90 Å². The van der Waals surface area contributed by atoms with E-state index in [2.05, 4.69) is 11.8 Å². The molecule has 0 aliphatic rings. The van der Waals surface area contributed by atoms with Crippen LogP contribution in [-0.2, 0) is 4.74 Å². The van der Waals surface area contributed by atoms with Gasteiger partial charge in [-0.15, -0.1) is 0 Å². The third kappa shape index (κ3) is 4.42. The van der Waals surface area contributed by atoms with Gasteiger partial charge in [0.2, 0.25) is 0 Å². The zero-order valence-electron chi connectivity index (χ0n) is 10.7. The first-order valence-electron chi connectivity index (χ1n) is 5.74. The molecule has 2 unspecified atom stereocenters. The molecule has 1 aromatic rings. The molecule has 1 aromatic carbocycles. The molecule has 0 aliphatic carbocycles. The zero-order valence-corrected chi connectivity index (χ0v) is 10.7. The van der Waals surface area contributed by atoms with Crippen LogP contribution in [0.15, 0.2) is 24.3 Å². The summed E-state index contributed by atoms with van der Waals surface area (Å²) in [5.41, 5.74) is 7.02. The predicted octanol–water partition coefficient (Wildman–Crippen LogP) is 1.79. The number of hydrogen-bond donors (Lipinski definition) is 1. The summed E-state index contributed by atoms with van der Waals surface area (Å²) in [6.07, 6.45) is 0. The molecule has 17 heavy (non-hydrogen) atoms. The van der Waals surface area contributed by atoms with E-state index < -0.39 is 0 Å². The Morgan fingerprint density at radius 2 is 1.94 bits per heavy atom. The lowest BCUT2D eigenvalue weighted by Gasteiger charge is -2.27. The molecule has 96 valence electrons. The van der Waals surface area contributed by atoms with Crippen LogP contribution in [0, 0.1) is 5.82 Å². The molecule has 2 N–H and O–H groups in total. The summed E-state index contributed by atoms with van der Waals surface area (Å²) in [5.74, 6) is -0.234. The maximum absolute atomic E-state index is 12.8. The van der Waals surface area contributed by atoms with E-state index in [0.29, 0.717) is 12.6 Å². The number of hydrogen-bond acceptors (Lipinski definition) is 3. The summed E-state index contributed by atoms with van der Waals surface area (Å²) in [7, 11) is 3.69. The second kappa shape index (κ2) is 6.69. The Balaban J connectivity index is 2.53. The number of ether oxygens (including phenoxy) is 1. The number of nitrogens with two attached hydrogens (primary N) is 1. The van der Waals surface area contributed by atoms with Crippen LogP contribution in [-0.4, -0.2) is 38.3 Å². The number of halogens is 1. The molecular formula is C13H21FN2O. The maximum Gasteiger partial charge on any atom is 0.123 e. The summed E-state index contributed by atoms with van der Waals surface area (Å²) in [6, 6.07) is 6.54. The third-order valence-corrected chi connectivity index (χ3v) is 2.94. The van der Waals surface area contributed by atoms with Crippen molar-refractivity contribution in [2.45, 2.75) is 19.0 Å². The molecule has 0 saturated carbocycles. The molecule has 0 heterocycles. The maximum atomic E-state index is 12.8. The van der Waals surface area contributed by atoms with Crippen LogP contribution in [0.25, 0.3) is 0 Å². The van der Waals surface area contributed by atoms with Crippen molar-refractivity contribution in [2.24, 2.45) is 5.73 Å². The molecule has 2 atom stereocenters. The molecule has 0 fully saturated rings. The Morgan fingerprint density at radius 3 is 2.47 bits per heavy atom. The molecule has 0 radical (unpaired) electrons. The summed E-state index contributed by atoms with van der Waals surface area (Å²) in [5, 5.41) is 0. The van der Waals surface area contributed by atoms with Gasteiger partial charge in [0, 0.05) is 25.7 Å². The van der Waals surface area contributed by atoms with E-state index in [4.69, 9.17) is 10.5 Å². The molecule has 0 aromatic heterocycles. The first kappa shape index (κ1) is 14.1. The molecule has 0 bridgehead atoms. The van der Waals surface area contributed by atoms with Crippen LogP contribution in [0.2, 0.25) is 0 Å². The lowest BCUT2D eigenvalue weighted by Crippen LogP contribution is -2.37. The van der Waals surface area contributed by atoms with E-state index >= 15 is 0 Å². The average molecular weight is 240 g/mol. The largest absolute Gasteiger partial charge is 0.383 e. The van der Waals surface area contributed by atoms with Gasteiger partial charge in [0.1, 0.15) is 5.82 Å². The van der Waals surface area contributed by atoms with Crippen LogP contribution in [0.4, 0.5) is 4.39 Å².